The van der Waals surface area contributed by atoms with Crippen molar-refractivity contribution in [3.63, 3.8) is 0 Å². The van der Waals surface area contributed by atoms with E-state index < -0.39 is 0 Å². The minimum absolute atomic E-state index is 0.583. The third-order valence-electron chi connectivity index (χ3n) is 3.31. The molecule has 1 N–H and O–H groups in total. The number of nitrogens with zero attached hydrogens (tertiary/aromatic N) is 3. The predicted octanol–water partition coefficient (Wildman–Crippen LogP) is 2.35. The van der Waals surface area contributed by atoms with E-state index in [0.717, 1.165) is 47.9 Å². The minimum atomic E-state index is 0.583. The van der Waals surface area contributed by atoms with Gasteiger partial charge in [0, 0.05) is 24.7 Å². The molecule has 0 aliphatic carbocycles. The van der Waals surface area contributed by atoms with E-state index >= 15 is 0 Å². The van der Waals surface area contributed by atoms with E-state index in [-0.39, 0.29) is 0 Å². The Morgan fingerprint density at radius 2 is 2.25 bits per heavy atom. The van der Waals surface area contributed by atoms with Gasteiger partial charge in [0.15, 0.2) is 5.82 Å². The summed E-state index contributed by atoms with van der Waals surface area (Å²) in [4.78, 5) is 13.7. The molecule has 0 bridgehead atoms. The molecule has 5 nitrogen and oxygen atoms in total. The lowest BCUT2D eigenvalue weighted by Crippen LogP contribution is -2.17. The second-order valence-corrected chi connectivity index (χ2v) is 4.87. The third kappa shape index (κ3) is 2.49. The maximum atomic E-state index is 5.51. The van der Waals surface area contributed by atoms with E-state index in [4.69, 9.17) is 4.74 Å². The van der Waals surface area contributed by atoms with Crippen LogP contribution in [-0.4, -0.2) is 28.1 Å². The average molecular weight is 270 g/mol. The molecule has 0 amide bonds. The number of nitrogens with one attached hydrogen (secondary N) is 1. The summed E-state index contributed by atoms with van der Waals surface area (Å²) in [7, 11) is 0. The van der Waals surface area contributed by atoms with Gasteiger partial charge in [-0.05, 0) is 31.5 Å². The van der Waals surface area contributed by atoms with E-state index in [0.29, 0.717) is 12.4 Å². The fourth-order valence-corrected chi connectivity index (χ4v) is 2.32. The van der Waals surface area contributed by atoms with Crippen LogP contribution < -0.4 is 5.32 Å². The summed E-state index contributed by atoms with van der Waals surface area (Å²) < 4.78 is 5.51. The Morgan fingerprint density at radius 1 is 1.35 bits per heavy atom. The molecule has 1 aliphatic rings. The van der Waals surface area contributed by atoms with Gasteiger partial charge in [0.05, 0.1) is 18.9 Å². The molecular weight excluding hydrogens is 252 g/mol. The highest BCUT2D eigenvalue weighted by Crippen LogP contribution is 2.25. The van der Waals surface area contributed by atoms with Gasteiger partial charge in [-0.25, -0.2) is 9.97 Å². The number of pyridine rings is 1. The molecule has 0 unspecified atom stereocenters. The van der Waals surface area contributed by atoms with Gasteiger partial charge in [-0.2, -0.15) is 0 Å². The Morgan fingerprint density at radius 3 is 3.05 bits per heavy atom. The first-order chi connectivity index (χ1) is 9.78. The van der Waals surface area contributed by atoms with Crippen LogP contribution in [0.5, 0.6) is 0 Å². The number of hydrogen-bond acceptors (Lipinski definition) is 5. The lowest BCUT2D eigenvalue weighted by Gasteiger charge is -2.19. The van der Waals surface area contributed by atoms with Crippen LogP contribution in [0.4, 0.5) is 5.82 Å². The topological polar surface area (TPSA) is 59.9 Å². The number of hydrogen-bond donors (Lipinski definition) is 1. The van der Waals surface area contributed by atoms with Crippen LogP contribution in [0.15, 0.2) is 18.3 Å². The Labute approximate surface area is 118 Å². The van der Waals surface area contributed by atoms with E-state index in [2.05, 4.69) is 27.2 Å². The lowest BCUT2D eigenvalue weighted by molar-refractivity contribution is 0.109. The van der Waals surface area contributed by atoms with Gasteiger partial charge >= 0.3 is 0 Å². The molecule has 2 aromatic heterocycles. The lowest BCUT2D eigenvalue weighted by atomic mass is 10.1. The summed E-state index contributed by atoms with van der Waals surface area (Å²) in [5.74, 6) is 1.56. The summed E-state index contributed by atoms with van der Waals surface area (Å²) in [5, 5.41) is 3.30. The predicted molar refractivity (Wildman–Crippen MR) is 77.5 cm³/mol. The number of fused-ring (bicyclic) bond motifs is 1. The molecule has 0 atom stereocenters. The Bertz CT molecular complexity index is 627. The van der Waals surface area contributed by atoms with Crippen LogP contribution >= 0.6 is 0 Å². The fraction of sp³-hybridized carbons (Fsp3) is 0.400. The molecule has 5 heteroatoms. The fourth-order valence-electron chi connectivity index (χ4n) is 2.32. The maximum Gasteiger partial charge on any atom is 0.180 e. The highest BCUT2D eigenvalue weighted by atomic mass is 16.5. The van der Waals surface area contributed by atoms with Crippen molar-refractivity contribution in [3.05, 3.63) is 35.2 Å². The summed E-state index contributed by atoms with van der Waals surface area (Å²) in [5.41, 5.74) is 4.12. The van der Waals surface area contributed by atoms with Crippen LogP contribution in [-0.2, 0) is 17.8 Å². The van der Waals surface area contributed by atoms with Crippen molar-refractivity contribution in [1.82, 2.24) is 15.0 Å². The SMILES string of the molecule is CCNc1nc(-c2cc(C)ccn2)nc2c1COCC2. The second-order valence-electron chi connectivity index (χ2n) is 4.87. The number of anilines is 1. The van der Waals surface area contributed by atoms with Crippen LogP contribution in [0.25, 0.3) is 11.5 Å². The zero-order chi connectivity index (χ0) is 13.9. The molecular formula is C15H18N4O. The van der Waals surface area contributed by atoms with Crippen LogP contribution in [0.2, 0.25) is 0 Å². The zero-order valence-corrected chi connectivity index (χ0v) is 11.8. The van der Waals surface area contributed by atoms with E-state index in [1.54, 1.807) is 6.20 Å². The molecule has 3 rings (SSSR count). The molecule has 104 valence electrons. The molecule has 3 heterocycles. The molecule has 0 fully saturated rings. The molecule has 0 saturated carbocycles. The Hall–Kier alpha value is -2.01. The first-order valence-electron chi connectivity index (χ1n) is 6.92. The van der Waals surface area contributed by atoms with Crippen molar-refractivity contribution in [2.24, 2.45) is 0 Å². The maximum absolute atomic E-state index is 5.51. The van der Waals surface area contributed by atoms with Crippen LogP contribution in [0, 0.1) is 6.92 Å². The van der Waals surface area contributed by atoms with Crippen molar-refractivity contribution in [1.29, 1.82) is 0 Å². The number of aromatic nitrogens is 3. The van der Waals surface area contributed by atoms with Gasteiger partial charge in [-0.15, -0.1) is 0 Å². The van der Waals surface area contributed by atoms with Gasteiger partial charge in [0.1, 0.15) is 11.5 Å². The molecule has 2 aromatic rings. The van der Waals surface area contributed by atoms with Crippen molar-refractivity contribution >= 4 is 5.82 Å². The van der Waals surface area contributed by atoms with Crippen LogP contribution in [0.1, 0.15) is 23.7 Å². The van der Waals surface area contributed by atoms with Gasteiger partial charge < -0.3 is 10.1 Å². The molecule has 0 spiro atoms. The van der Waals surface area contributed by atoms with E-state index in [1.807, 2.05) is 19.1 Å². The van der Waals surface area contributed by atoms with E-state index in [1.165, 1.54) is 0 Å². The number of ether oxygens (including phenoxy) is 1. The van der Waals surface area contributed by atoms with Gasteiger partial charge in [-0.3, -0.25) is 4.98 Å². The largest absolute Gasteiger partial charge is 0.376 e. The molecule has 0 radical (unpaired) electrons. The third-order valence-corrected chi connectivity index (χ3v) is 3.31. The van der Waals surface area contributed by atoms with Crippen molar-refractivity contribution in [2.75, 3.05) is 18.5 Å². The summed E-state index contributed by atoms with van der Waals surface area (Å²) >= 11 is 0. The minimum Gasteiger partial charge on any atom is -0.376 e. The Kier molecular flexibility index (Phi) is 3.60. The number of aryl methyl sites for hydroxylation is 1. The molecule has 1 aliphatic heterocycles. The smallest absolute Gasteiger partial charge is 0.180 e. The van der Waals surface area contributed by atoms with Crippen molar-refractivity contribution < 1.29 is 4.74 Å². The average Bonchev–Trinajstić information content (AvgIpc) is 2.47. The summed E-state index contributed by atoms with van der Waals surface area (Å²) in [6, 6.07) is 3.98. The highest BCUT2D eigenvalue weighted by molar-refractivity contribution is 5.57. The molecule has 0 aromatic carbocycles. The first kappa shape index (κ1) is 13.0. The van der Waals surface area contributed by atoms with E-state index in [9.17, 15) is 0 Å². The highest BCUT2D eigenvalue weighted by Gasteiger charge is 2.19. The molecule has 0 saturated heterocycles. The summed E-state index contributed by atoms with van der Waals surface area (Å²) in [6.07, 6.45) is 2.62. The summed E-state index contributed by atoms with van der Waals surface area (Å²) in [6.45, 7) is 6.23. The van der Waals surface area contributed by atoms with Gasteiger partial charge in [0.25, 0.3) is 0 Å². The molecule has 20 heavy (non-hydrogen) atoms. The second kappa shape index (κ2) is 5.54. The number of rotatable bonds is 3. The van der Waals surface area contributed by atoms with Gasteiger partial charge in [0.2, 0.25) is 0 Å². The standard InChI is InChI=1S/C15H18N4O/c1-3-16-14-11-9-20-7-5-12(11)18-15(19-14)13-8-10(2)4-6-17-13/h4,6,8H,3,5,7,9H2,1-2H3,(H,16,18,19). The van der Waals surface area contributed by atoms with Crippen LogP contribution in [0.3, 0.4) is 0 Å². The normalized spacial score (nSPS) is 13.9. The zero-order valence-electron chi connectivity index (χ0n) is 11.8. The van der Waals surface area contributed by atoms with Gasteiger partial charge in [-0.1, -0.05) is 0 Å². The van der Waals surface area contributed by atoms with Crippen molar-refractivity contribution in [2.45, 2.75) is 26.9 Å². The Balaban J connectivity index is 2.10. The quantitative estimate of drug-likeness (QED) is 0.927. The van der Waals surface area contributed by atoms with Crippen molar-refractivity contribution in [3.8, 4) is 11.5 Å². The monoisotopic (exact) mass is 270 g/mol. The first-order valence-corrected chi connectivity index (χ1v) is 6.92.